The largest absolute Gasteiger partial charge is 0.300 e. The first kappa shape index (κ1) is 9.43. The normalized spacial score (nSPS) is 9.42. The molecule has 1 aromatic rings. The molecule has 4 heteroatoms. The fraction of sp³-hybridized carbons (Fsp3) is 0.250. The maximum absolute atomic E-state index is 10.8. The van der Waals surface area contributed by atoms with E-state index in [0.29, 0.717) is 12.0 Å². The summed E-state index contributed by atoms with van der Waals surface area (Å²) in [5, 5.41) is 10.4. The summed E-state index contributed by atoms with van der Waals surface area (Å²) in [6.07, 6.45) is 0.340. The highest BCUT2D eigenvalue weighted by atomic mass is 79.9. The number of carbonyl (C=O) groups excluding carboxylic acids is 1. The van der Waals surface area contributed by atoms with Gasteiger partial charge in [0, 0.05) is 17.4 Å². The highest BCUT2D eigenvalue weighted by Crippen LogP contribution is 2.28. The van der Waals surface area contributed by atoms with E-state index in [-0.39, 0.29) is 5.78 Å². The Morgan fingerprint density at radius 2 is 2.50 bits per heavy atom. The van der Waals surface area contributed by atoms with Crippen LogP contribution in [0.4, 0.5) is 0 Å². The van der Waals surface area contributed by atoms with E-state index in [2.05, 4.69) is 15.9 Å². The highest BCUT2D eigenvalue weighted by molar-refractivity contribution is 9.11. The maximum Gasteiger partial charge on any atom is 0.134 e. The molecule has 0 saturated carbocycles. The zero-order chi connectivity index (χ0) is 9.14. The third-order valence-electron chi connectivity index (χ3n) is 1.39. The predicted octanol–water partition coefficient (Wildman–Crippen LogP) is 2.51. The van der Waals surface area contributed by atoms with Crippen LogP contribution in [-0.2, 0) is 11.2 Å². The van der Waals surface area contributed by atoms with Gasteiger partial charge in [-0.1, -0.05) is 0 Å². The number of hydrogen-bond acceptors (Lipinski definition) is 3. The Morgan fingerprint density at radius 3 is 3.00 bits per heavy atom. The average Bonchev–Trinajstić information content (AvgIpc) is 2.32. The molecule has 0 fully saturated rings. The minimum atomic E-state index is 0.0746. The molecule has 0 N–H and O–H groups in total. The lowest BCUT2D eigenvalue weighted by atomic mass is 10.1. The minimum absolute atomic E-state index is 0.0746. The summed E-state index contributed by atoms with van der Waals surface area (Å²) in [6, 6.07) is 2.05. The van der Waals surface area contributed by atoms with Gasteiger partial charge in [-0.15, -0.1) is 11.3 Å². The first-order valence-electron chi connectivity index (χ1n) is 3.30. The summed E-state index contributed by atoms with van der Waals surface area (Å²) in [5.41, 5.74) is 1.41. The zero-order valence-electron chi connectivity index (χ0n) is 6.43. The van der Waals surface area contributed by atoms with Crippen molar-refractivity contribution in [3.63, 3.8) is 0 Å². The van der Waals surface area contributed by atoms with Gasteiger partial charge in [-0.3, -0.25) is 4.79 Å². The van der Waals surface area contributed by atoms with Gasteiger partial charge in [-0.05, 0) is 22.9 Å². The lowest BCUT2D eigenvalue weighted by Gasteiger charge is -1.94. The van der Waals surface area contributed by atoms with Crippen LogP contribution in [0.3, 0.4) is 0 Å². The van der Waals surface area contributed by atoms with Crippen molar-refractivity contribution in [3.8, 4) is 6.07 Å². The van der Waals surface area contributed by atoms with E-state index in [1.165, 1.54) is 18.3 Å². The monoisotopic (exact) mass is 243 g/mol. The number of carbonyl (C=O) groups is 1. The predicted molar refractivity (Wildman–Crippen MR) is 51.1 cm³/mol. The van der Waals surface area contributed by atoms with Crippen molar-refractivity contribution in [2.24, 2.45) is 0 Å². The molecule has 0 aromatic carbocycles. The summed E-state index contributed by atoms with van der Waals surface area (Å²) < 4.78 is 0.884. The number of thiophene rings is 1. The van der Waals surface area contributed by atoms with E-state index >= 15 is 0 Å². The van der Waals surface area contributed by atoms with Crippen molar-refractivity contribution < 1.29 is 4.79 Å². The first-order chi connectivity index (χ1) is 5.65. The Kier molecular flexibility index (Phi) is 3.01. The van der Waals surface area contributed by atoms with Crippen LogP contribution in [0.2, 0.25) is 0 Å². The molecule has 0 radical (unpaired) electrons. The lowest BCUT2D eigenvalue weighted by molar-refractivity contribution is -0.116. The lowest BCUT2D eigenvalue weighted by Crippen LogP contribution is -1.96. The topological polar surface area (TPSA) is 40.9 Å². The molecular weight excluding hydrogens is 238 g/mol. The van der Waals surface area contributed by atoms with Crippen LogP contribution in [0.5, 0.6) is 0 Å². The number of hydrogen-bond donors (Lipinski definition) is 0. The van der Waals surface area contributed by atoms with Gasteiger partial charge in [0.1, 0.15) is 11.9 Å². The SMILES string of the molecule is CC(=O)Cc1c(C#N)csc1Br. The quantitative estimate of drug-likeness (QED) is 0.801. The van der Waals surface area contributed by atoms with Crippen LogP contribution in [-0.4, -0.2) is 5.78 Å². The van der Waals surface area contributed by atoms with Crippen LogP contribution >= 0.6 is 27.3 Å². The van der Waals surface area contributed by atoms with Crippen LogP contribution in [0.1, 0.15) is 18.1 Å². The number of nitriles is 1. The second kappa shape index (κ2) is 3.83. The summed E-state index contributed by atoms with van der Waals surface area (Å²) in [6.45, 7) is 1.52. The van der Waals surface area contributed by atoms with E-state index in [0.717, 1.165) is 9.35 Å². The standard InChI is InChI=1S/C8H6BrNOS/c1-5(11)2-7-6(3-10)4-12-8(7)9/h4H,2H2,1H3. The number of nitrogens with zero attached hydrogens (tertiary/aromatic N) is 1. The van der Waals surface area contributed by atoms with E-state index in [4.69, 9.17) is 5.26 Å². The van der Waals surface area contributed by atoms with Crippen molar-refractivity contribution in [1.29, 1.82) is 5.26 Å². The van der Waals surface area contributed by atoms with Gasteiger partial charge < -0.3 is 0 Å². The summed E-state index contributed by atoms with van der Waals surface area (Å²) in [4.78, 5) is 10.8. The second-order valence-electron chi connectivity index (χ2n) is 2.39. The van der Waals surface area contributed by atoms with Crippen molar-refractivity contribution in [3.05, 3.63) is 20.3 Å². The van der Waals surface area contributed by atoms with E-state index < -0.39 is 0 Å². The number of rotatable bonds is 2. The fourth-order valence-electron chi connectivity index (χ4n) is 0.866. The molecule has 0 bridgehead atoms. The molecule has 0 atom stereocenters. The molecule has 1 heterocycles. The van der Waals surface area contributed by atoms with Gasteiger partial charge in [0.25, 0.3) is 0 Å². The van der Waals surface area contributed by atoms with Crippen molar-refractivity contribution >= 4 is 33.0 Å². The smallest absolute Gasteiger partial charge is 0.134 e. The number of Topliss-reactive ketones (excluding diaryl/α,β-unsaturated/α-hetero) is 1. The molecule has 12 heavy (non-hydrogen) atoms. The average molecular weight is 244 g/mol. The molecule has 0 saturated heterocycles. The van der Waals surface area contributed by atoms with Crippen molar-refractivity contribution in [2.75, 3.05) is 0 Å². The minimum Gasteiger partial charge on any atom is -0.300 e. The molecule has 1 rings (SSSR count). The van der Waals surface area contributed by atoms with E-state index in [1.807, 2.05) is 6.07 Å². The van der Waals surface area contributed by atoms with Crippen molar-refractivity contribution in [1.82, 2.24) is 0 Å². The molecular formula is C8H6BrNOS. The first-order valence-corrected chi connectivity index (χ1v) is 4.97. The molecule has 2 nitrogen and oxygen atoms in total. The van der Waals surface area contributed by atoms with Gasteiger partial charge in [0.15, 0.2) is 0 Å². The summed E-state index contributed by atoms with van der Waals surface area (Å²) in [5.74, 6) is 0.0746. The maximum atomic E-state index is 10.8. The zero-order valence-corrected chi connectivity index (χ0v) is 8.83. The summed E-state index contributed by atoms with van der Waals surface area (Å²) >= 11 is 4.74. The number of ketones is 1. The second-order valence-corrected chi connectivity index (χ2v) is 4.59. The molecule has 0 spiro atoms. The summed E-state index contributed by atoms with van der Waals surface area (Å²) in [7, 11) is 0. The number of halogens is 1. The molecule has 1 aromatic heterocycles. The Morgan fingerprint density at radius 1 is 1.83 bits per heavy atom. The third kappa shape index (κ3) is 1.93. The van der Waals surface area contributed by atoms with E-state index in [1.54, 1.807) is 5.38 Å². The Hall–Kier alpha value is -0.660. The molecule has 62 valence electrons. The van der Waals surface area contributed by atoms with Crippen LogP contribution in [0.15, 0.2) is 9.17 Å². The Balaban J connectivity index is 3.04. The van der Waals surface area contributed by atoms with Crippen LogP contribution in [0.25, 0.3) is 0 Å². The van der Waals surface area contributed by atoms with Crippen LogP contribution < -0.4 is 0 Å². The fourth-order valence-corrected chi connectivity index (χ4v) is 2.24. The van der Waals surface area contributed by atoms with Gasteiger partial charge in [0.05, 0.1) is 9.35 Å². The van der Waals surface area contributed by atoms with Gasteiger partial charge >= 0.3 is 0 Å². The molecule has 0 unspecified atom stereocenters. The Bertz CT molecular complexity index is 350. The molecule has 0 amide bonds. The Labute approximate surface area is 83.0 Å². The van der Waals surface area contributed by atoms with E-state index in [9.17, 15) is 4.79 Å². The third-order valence-corrected chi connectivity index (χ3v) is 3.24. The van der Waals surface area contributed by atoms with Gasteiger partial charge in [-0.2, -0.15) is 5.26 Å². The molecule has 0 aliphatic carbocycles. The van der Waals surface area contributed by atoms with Crippen molar-refractivity contribution in [2.45, 2.75) is 13.3 Å². The highest BCUT2D eigenvalue weighted by Gasteiger charge is 2.10. The molecule has 0 aliphatic rings. The van der Waals surface area contributed by atoms with Crippen LogP contribution in [0, 0.1) is 11.3 Å². The molecule has 0 aliphatic heterocycles. The van der Waals surface area contributed by atoms with Gasteiger partial charge in [-0.25, -0.2) is 0 Å². The van der Waals surface area contributed by atoms with Gasteiger partial charge in [0.2, 0.25) is 0 Å².